The summed E-state index contributed by atoms with van der Waals surface area (Å²) >= 11 is 0. The lowest BCUT2D eigenvalue weighted by Crippen LogP contribution is -2.34. The topological polar surface area (TPSA) is 64.5 Å². The zero-order chi connectivity index (χ0) is 18.6. The normalized spacial score (nSPS) is 16.0. The quantitative estimate of drug-likeness (QED) is 0.521. The van der Waals surface area contributed by atoms with E-state index < -0.39 is 0 Å². The minimum atomic E-state index is -0.281. The molecule has 5 nitrogen and oxygen atoms in total. The van der Waals surface area contributed by atoms with E-state index in [1.807, 2.05) is 24.3 Å². The van der Waals surface area contributed by atoms with E-state index in [1.165, 1.54) is 12.1 Å². The zero-order valence-electron chi connectivity index (χ0n) is 15.2. The van der Waals surface area contributed by atoms with Crippen LogP contribution in [0.15, 0.2) is 47.0 Å². The Bertz CT molecular complexity index is 903. The summed E-state index contributed by atoms with van der Waals surface area (Å²) in [6.07, 6.45) is 3.01. The van der Waals surface area contributed by atoms with E-state index in [1.54, 1.807) is 6.07 Å². The second-order valence-electron chi connectivity index (χ2n) is 7.06. The van der Waals surface area contributed by atoms with Crippen molar-refractivity contribution in [1.82, 2.24) is 10.1 Å². The van der Waals surface area contributed by atoms with Gasteiger partial charge < -0.3 is 19.9 Å². The van der Waals surface area contributed by atoms with Crippen LogP contribution in [0.3, 0.4) is 0 Å². The van der Waals surface area contributed by atoms with Gasteiger partial charge in [-0.15, -0.1) is 0 Å². The molecule has 1 aliphatic heterocycles. The van der Waals surface area contributed by atoms with Crippen molar-refractivity contribution in [2.24, 2.45) is 0 Å². The summed E-state index contributed by atoms with van der Waals surface area (Å²) in [5, 5.41) is 4.95. The monoisotopic (exact) mass is 369 g/mol. The highest BCUT2D eigenvalue weighted by atomic mass is 19.1. The number of halogens is 1. The minimum Gasteiger partial charge on any atom is -0.491 e. The van der Waals surface area contributed by atoms with Crippen LogP contribution in [-0.4, -0.2) is 36.3 Å². The molecule has 1 fully saturated rings. The van der Waals surface area contributed by atoms with E-state index in [0.29, 0.717) is 23.7 Å². The van der Waals surface area contributed by atoms with Crippen LogP contribution in [0, 0.1) is 5.82 Å². The molecule has 2 heterocycles. The molecule has 4 rings (SSSR count). The summed E-state index contributed by atoms with van der Waals surface area (Å²) in [5.41, 5.74) is 7.16. The maximum absolute atomic E-state index is 13.3. The number of anilines is 1. The Balaban J connectivity index is 1.25. The van der Waals surface area contributed by atoms with Crippen molar-refractivity contribution < 1.29 is 13.7 Å². The molecular weight excluding hydrogens is 345 g/mol. The largest absolute Gasteiger partial charge is 0.491 e. The number of benzene rings is 2. The number of nitrogens with zero attached hydrogens (tertiary/aromatic N) is 2. The molecule has 0 radical (unpaired) electrons. The molecule has 2 aromatic carbocycles. The van der Waals surface area contributed by atoms with Crippen LogP contribution >= 0.6 is 0 Å². The van der Waals surface area contributed by atoms with E-state index in [4.69, 9.17) is 15.0 Å². The third-order valence-electron chi connectivity index (χ3n) is 5.22. The molecule has 142 valence electrons. The second kappa shape index (κ2) is 7.96. The molecule has 0 bridgehead atoms. The first-order chi connectivity index (χ1) is 13.2. The Hall–Kier alpha value is -2.60. The van der Waals surface area contributed by atoms with E-state index in [-0.39, 0.29) is 5.82 Å². The van der Waals surface area contributed by atoms with E-state index in [0.717, 1.165) is 55.8 Å². The number of fused-ring (bicyclic) bond motifs is 1. The maximum Gasteiger partial charge on any atom is 0.147 e. The standard InChI is InChI=1S/C21H24FN3O2/c22-16-6-7-17-19(14-16)24-27-21(17)15-8-11-25(12-9-15)10-3-13-26-20-5-2-1-4-18(20)23/h1-2,4-7,14-15H,3,8-13,23H2. The van der Waals surface area contributed by atoms with Crippen LogP contribution in [0.1, 0.15) is 30.9 Å². The summed E-state index contributed by atoms with van der Waals surface area (Å²) < 4.78 is 24.6. The van der Waals surface area contributed by atoms with Crippen molar-refractivity contribution >= 4 is 16.6 Å². The van der Waals surface area contributed by atoms with E-state index in [2.05, 4.69) is 10.1 Å². The summed E-state index contributed by atoms with van der Waals surface area (Å²) in [6, 6.07) is 12.2. The molecule has 0 aliphatic carbocycles. The Morgan fingerprint density at radius 1 is 1.19 bits per heavy atom. The fraction of sp³-hybridized carbons (Fsp3) is 0.381. The molecule has 0 atom stereocenters. The SMILES string of the molecule is Nc1ccccc1OCCCN1CCC(c2onc3cc(F)ccc23)CC1. The minimum absolute atomic E-state index is 0.281. The highest BCUT2D eigenvalue weighted by molar-refractivity contribution is 5.80. The predicted octanol–water partition coefficient (Wildman–Crippen LogP) is 4.20. The predicted molar refractivity (Wildman–Crippen MR) is 103 cm³/mol. The Morgan fingerprint density at radius 2 is 2.00 bits per heavy atom. The summed E-state index contributed by atoms with van der Waals surface area (Å²) in [7, 11) is 0. The van der Waals surface area contributed by atoms with E-state index >= 15 is 0 Å². The van der Waals surface area contributed by atoms with Crippen molar-refractivity contribution in [2.75, 3.05) is 32.0 Å². The molecular formula is C21H24FN3O2. The van der Waals surface area contributed by atoms with Gasteiger partial charge in [-0.1, -0.05) is 17.3 Å². The first-order valence-electron chi connectivity index (χ1n) is 9.45. The van der Waals surface area contributed by atoms with Crippen molar-refractivity contribution in [3.8, 4) is 5.75 Å². The number of aromatic nitrogens is 1. The molecule has 3 aromatic rings. The maximum atomic E-state index is 13.3. The Morgan fingerprint density at radius 3 is 2.81 bits per heavy atom. The van der Waals surface area contributed by atoms with Crippen molar-refractivity contribution in [3.63, 3.8) is 0 Å². The molecule has 1 aromatic heterocycles. The van der Waals surface area contributed by atoms with Gasteiger partial charge in [-0.05, 0) is 56.6 Å². The van der Waals surface area contributed by atoms with Gasteiger partial charge in [0.1, 0.15) is 22.8 Å². The number of ether oxygens (including phenoxy) is 1. The molecule has 27 heavy (non-hydrogen) atoms. The average Bonchev–Trinajstić information content (AvgIpc) is 3.10. The Labute approximate surface area is 157 Å². The van der Waals surface area contributed by atoms with Gasteiger partial charge in [0.2, 0.25) is 0 Å². The van der Waals surface area contributed by atoms with Gasteiger partial charge in [0.05, 0.1) is 12.3 Å². The number of nitrogen functional groups attached to an aromatic ring is 1. The highest BCUT2D eigenvalue weighted by Crippen LogP contribution is 2.33. The molecule has 0 spiro atoms. The highest BCUT2D eigenvalue weighted by Gasteiger charge is 2.25. The average molecular weight is 369 g/mol. The fourth-order valence-electron chi connectivity index (χ4n) is 3.73. The molecule has 0 unspecified atom stereocenters. The van der Waals surface area contributed by atoms with Crippen molar-refractivity contribution in [1.29, 1.82) is 0 Å². The zero-order valence-corrected chi connectivity index (χ0v) is 15.2. The molecule has 2 N–H and O–H groups in total. The molecule has 0 saturated carbocycles. The van der Waals surface area contributed by atoms with Crippen LogP contribution < -0.4 is 10.5 Å². The third kappa shape index (κ3) is 4.06. The third-order valence-corrected chi connectivity index (χ3v) is 5.22. The Kier molecular flexibility index (Phi) is 5.25. The van der Waals surface area contributed by atoms with Gasteiger partial charge in [0.25, 0.3) is 0 Å². The van der Waals surface area contributed by atoms with Gasteiger partial charge in [-0.25, -0.2) is 4.39 Å². The molecule has 6 heteroatoms. The number of para-hydroxylation sites is 2. The second-order valence-corrected chi connectivity index (χ2v) is 7.06. The first kappa shape index (κ1) is 17.8. The van der Waals surface area contributed by atoms with Gasteiger partial charge >= 0.3 is 0 Å². The van der Waals surface area contributed by atoms with Crippen molar-refractivity contribution in [3.05, 3.63) is 54.0 Å². The van der Waals surface area contributed by atoms with Gasteiger partial charge in [0, 0.05) is 23.9 Å². The molecule has 0 amide bonds. The number of hydrogen-bond donors (Lipinski definition) is 1. The van der Waals surface area contributed by atoms with Crippen LogP contribution in [0.5, 0.6) is 5.75 Å². The van der Waals surface area contributed by atoms with E-state index in [9.17, 15) is 4.39 Å². The summed E-state index contributed by atoms with van der Waals surface area (Å²) in [4.78, 5) is 2.45. The van der Waals surface area contributed by atoms with Crippen LogP contribution in [0.4, 0.5) is 10.1 Å². The first-order valence-corrected chi connectivity index (χ1v) is 9.45. The van der Waals surface area contributed by atoms with Crippen molar-refractivity contribution in [2.45, 2.75) is 25.2 Å². The van der Waals surface area contributed by atoms with Crippen LogP contribution in [0.2, 0.25) is 0 Å². The smallest absolute Gasteiger partial charge is 0.147 e. The van der Waals surface area contributed by atoms with Gasteiger partial charge in [0.15, 0.2) is 0 Å². The van der Waals surface area contributed by atoms with Crippen LogP contribution in [-0.2, 0) is 0 Å². The number of nitrogens with two attached hydrogens (primary N) is 1. The van der Waals surface area contributed by atoms with Gasteiger partial charge in [-0.3, -0.25) is 0 Å². The summed E-state index contributed by atoms with van der Waals surface area (Å²) in [6.45, 7) is 3.69. The number of likely N-dealkylation sites (tertiary alicyclic amines) is 1. The lowest BCUT2D eigenvalue weighted by Gasteiger charge is -2.30. The summed E-state index contributed by atoms with van der Waals surface area (Å²) in [5.74, 6) is 1.71. The van der Waals surface area contributed by atoms with Gasteiger partial charge in [-0.2, -0.15) is 0 Å². The lowest BCUT2D eigenvalue weighted by atomic mass is 9.92. The fourth-order valence-corrected chi connectivity index (χ4v) is 3.73. The number of piperidine rings is 1. The number of hydrogen-bond acceptors (Lipinski definition) is 5. The molecule has 1 saturated heterocycles. The van der Waals surface area contributed by atoms with Crippen LogP contribution in [0.25, 0.3) is 10.9 Å². The number of rotatable bonds is 6. The lowest BCUT2D eigenvalue weighted by molar-refractivity contribution is 0.183. The molecule has 1 aliphatic rings.